The summed E-state index contributed by atoms with van der Waals surface area (Å²) in [6.45, 7) is 2.48. The van der Waals surface area contributed by atoms with Crippen LogP contribution in [0.3, 0.4) is 0 Å². The standard InChI is InChI=1S/C35H26P/c1-36(28-13-4-2-5-14-28,29-15-6-3-7-16-29)33-18-9-8-17-31(33)30-23-21-27-20-19-25-11-10-12-26-22-24-32(30)35(27)34(25)26/h2-24H,1H3/q+1. The first-order valence-electron chi connectivity index (χ1n) is 12.5. The molecule has 0 heterocycles. The molecule has 7 aromatic rings. The van der Waals surface area contributed by atoms with Gasteiger partial charge in [0.2, 0.25) is 0 Å². The van der Waals surface area contributed by atoms with Gasteiger partial charge in [0.15, 0.2) is 0 Å². The fraction of sp³-hybridized carbons (Fsp3) is 0.0286. The molecule has 0 aliphatic rings. The lowest BCUT2D eigenvalue weighted by Gasteiger charge is -2.26. The van der Waals surface area contributed by atoms with Gasteiger partial charge in [-0.1, -0.05) is 109 Å². The summed E-state index contributed by atoms with van der Waals surface area (Å²) in [5.74, 6) is 0. The van der Waals surface area contributed by atoms with Crippen molar-refractivity contribution in [3.05, 3.63) is 140 Å². The molecule has 1 heteroatoms. The lowest BCUT2D eigenvalue weighted by Crippen LogP contribution is -2.31. The van der Waals surface area contributed by atoms with Crippen LogP contribution in [0.5, 0.6) is 0 Å². The predicted molar refractivity (Wildman–Crippen MR) is 160 cm³/mol. The molecule has 0 amide bonds. The number of benzene rings is 7. The van der Waals surface area contributed by atoms with Gasteiger partial charge in [0.25, 0.3) is 0 Å². The highest BCUT2D eigenvalue weighted by Gasteiger charge is 2.42. The molecule has 0 aliphatic carbocycles. The molecule has 7 aromatic carbocycles. The van der Waals surface area contributed by atoms with Crippen molar-refractivity contribution < 1.29 is 0 Å². The minimum atomic E-state index is -1.88. The van der Waals surface area contributed by atoms with Crippen molar-refractivity contribution in [2.24, 2.45) is 0 Å². The Hall–Kier alpha value is -3.99. The monoisotopic (exact) mass is 477 g/mol. The Kier molecular flexibility index (Phi) is 4.91. The summed E-state index contributed by atoms with van der Waals surface area (Å²) in [5, 5.41) is 12.2. The molecule has 0 N–H and O–H groups in total. The van der Waals surface area contributed by atoms with Crippen LogP contribution in [0.15, 0.2) is 140 Å². The van der Waals surface area contributed by atoms with Crippen molar-refractivity contribution in [3.8, 4) is 11.1 Å². The Morgan fingerprint density at radius 2 is 0.917 bits per heavy atom. The highest BCUT2D eigenvalue weighted by molar-refractivity contribution is 7.95. The Morgan fingerprint density at radius 3 is 1.58 bits per heavy atom. The molecule has 0 spiro atoms. The third-order valence-corrected chi connectivity index (χ3v) is 11.8. The van der Waals surface area contributed by atoms with E-state index in [0.29, 0.717) is 0 Å². The number of hydrogen-bond donors (Lipinski definition) is 0. The summed E-state index contributed by atoms with van der Waals surface area (Å²) in [5.41, 5.74) is 2.65. The van der Waals surface area contributed by atoms with E-state index in [0.717, 1.165) is 0 Å². The smallest absolute Gasteiger partial charge is 0.0620 e. The van der Waals surface area contributed by atoms with Crippen LogP contribution in [-0.4, -0.2) is 6.66 Å². The molecule has 0 aromatic heterocycles. The molecule has 7 rings (SSSR count). The van der Waals surface area contributed by atoms with Crippen LogP contribution in [0, 0.1) is 0 Å². The minimum absolute atomic E-state index is 1.30. The van der Waals surface area contributed by atoms with Crippen molar-refractivity contribution in [2.45, 2.75) is 0 Å². The van der Waals surface area contributed by atoms with E-state index in [2.05, 4.69) is 146 Å². The second kappa shape index (κ2) is 8.30. The summed E-state index contributed by atoms with van der Waals surface area (Å²) in [4.78, 5) is 0. The van der Waals surface area contributed by atoms with Gasteiger partial charge in [0, 0.05) is 5.56 Å². The third kappa shape index (κ3) is 3.12. The summed E-state index contributed by atoms with van der Waals surface area (Å²) >= 11 is 0. The molecule has 36 heavy (non-hydrogen) atoms. The third-order valence-electron chi connectivity index (χ3n) is 7.75. The van der Waals surface area contributed by atoms with Crippen molar-refractivity contribution in [3.63, 3.8) is 0 Å². The lowest BCUT2D eigenvalue weighted by atomic mass is 9.90. The average Bonchev–Trinajstić information content (AvgIpc) is 2.96. The summed E-state index contributed by atoms with van der Waals surface area (Å²) < 4.78 is 0. The van der Waals surface area contributed by atoms with Crippen LogP contribution < -0.4 is 15.9 Å². The predicted octanol–water partition coefficient (Wildman–Crippen LogP) is 8.17. The first kappa shape index (κ1) is 21.3. The van der Waals surface area contributed by atoms with Crippen molar-refractivity contribution in [2.75, 3.05) is 6.66 Å². The van der Waals surface area contributed by atoms with Crippen LogP contribution in [0.25, 0.3) is 43.4 Å². The van der Waals surface area contributed by atoms with E-state index in [1.165, 1.54) is 59.4 Å². The Bertz CT molecular complexity index is 1780. The first-order valence-corrected chi connectivity index (χ1v) is 14.7. The molecule has 0 fully saturated rings. The van der Waals surface area contributed by atoms with Crippen LogP contribution in [0.4, 0.5) is 0 Å². The summed E-state index contributed by atoms with van der Waals surface area (Å²) in [6, 6.07) is 51.7. The molecule has 0 unspecified atom stereocenters. The normalized spacial score (nSPS) is 12.0. The van der Waals surface area contributed by atoms with Crippen LogP contribution in [0.2, 0.25) is 0 Å². The topological polar surface area (TPSA) is 0 Å². The number of hydrogen-bond acceptors (Lipinski definition) is 0. The first-order chi connectivity index (χ1) is 17.7. The lowest BCUT2D eigenvalue weighted by molar-refractivity contribution is 1.68. The molecule has 0 nitrogen and oxygen atoms in total. The van der Waals surface area contributed by atoms with Crippen LogP contribution in [0.1, 0.15) is 0 Å². The molecule has 0 atom stereocenters. The molecule has 0 bridgehead atoms. The largest absolute Gasteiger partial charge is 0.112 e. The van der Waals surface area contributed by atoms with Gasteiger partial charge in [0.05, 0.1) is 6.66 Å². The van der Waals surface area contributed by atoms with E-state index in [9.17, 15) is 0 Å². The zero-order valence-electron chi connectivity index (χ0n) is 20.2. The van der Waals surface area contributed by atoms with E-state index in [1.807, 2.05) is 0 Å². The van der Waals surface area contributed by atoms with Gasteiger partial charge in [-0.15, -0.1) is 0 Å². The molecule has 0 saturated heterocycles. The quantitative estimate of drug-likeness (QED) is 0.177. The second-order valence-corrected chi connectivity index (χ2v) is 13.2. The van der Waals surface area contributed by atoms with E-state index < -0.39 is 7.26 Å². The summed E-state index contributed by atoms with van der Waals surface area (Å²) in [6.07, 6.45) is 0. The molecular weight excluding hydrogens is 451 g/mol. The van der Waals surface area contributed by atoms with E-state index in [1.54, 1.807) is 0 Å². The fourth-order valence-electron chi connectivity index (χ4n) is 5.94. The molecule has 170 valence electrons. The zero-order valence-corrected chi connectivity index (χ0v) is 21.1. The van der Waals surface area contributed by atoms with Gasteiger partial charge in [-0.25, -0.2) is 0 Å². The zero-order chi connectivity index (χ0) is 24.1. The van der Waals surface area contributed by atoms with Gasteiger partial charge in [-0.05, 0) is 68.2 Å². The van der Waals surface area contributed by atoms with Crippen molar-refractivity contribution in [1.82, 2.24) is 0 Å². The molecule has 0 saturated carbocycles. The van der Waals surface area contributed by atoms with Gasteiger partial charge < -0.3 is 0 Å². The number of rotatable bonds is 4. The molecule has 0 aliphatic heterocycles. The maximum atomic E-state index is 2.48. The molecule has 0 radical (unpaired) electrons. The SMILES string of the molecule is C[P+](c1ccccc1)(c1ccccc1)c1ccccc1-c1ccc2ccc3cccc4ccc1c2c34. The van der Waals surface area contributed by atoms with E-state index >= 15 is 0 Å². The van der Waals surface area contributed by atoms with E-state index in [4.69, 9.17) is 0 Å². The van der Waals surface area contributed by atoms with Crippen LogP contribution >= 0.6 is 7.26 Å². The van der Waals surface area contributed by atoms with E-state index in [-0.39, 0.29) is 0 Å². The Morgan fingerprint density at radius 1 is 0.389 bits per heavy atom. The van der Waals surface area contributed by atoms with Crippen LogP contribution in [-0.2, 0) is 0 Å². The highest BCUT2D eigenvalue weighted by Crippen LogP contribution is 2.54. The average molecular weight is 478 g/mol. The van der Waals surface area contributed by atoms with Crippen molar-refractivity contribution >= 4 is 55.5 Å². The van der Waals surface area contributed by atoms with Gasteiger partial charge in [-0.2, -0.15) is 0 Å². The maximum absolute atomic E-state index is 2.48. The summed E-state index contributed by atoms with van der Waals surface area (Å²) in [7, 11) is -1.88. The Balaban J connectivity index is 1.57. The Labute approximate surface area is 212 Å². The van der Waals surface area contributed by atoms with Gasteiger partial charge >= 0.3 is 0 Å². The van der Waals surface area contributed by atoms with Crippen molar-refractivity contribution in [1.29, 1.82) is 0 Å². The molecular formula is C35H26P+. The minimum Gasteiger partial charge on any atom is -0.0620 e. The maximum Gasteiger partial charge on any atom is 0.112 e. The second-order valence-electron chi connectivity index (χ2n) is 9.66. The van der Waals surface area contributed by atoms with Gasteiger partial charge in [-0.3, -0.25) is 0 Å². The highest BCUT2D eigenvalue weighted by atomic mass is 31.2. The van der Waals surface area contributed by atoms with Gasteiger partial charge in [0.1, 0.15) is 23.2 Å². The fourth-order valence-corrected chi connectivity index (χ4v) is 9.39.